The van der Waals surface area contributed by atoms with E-state index in [9.17, 15) is 0 Å². The van der Waals surface area contributed by atoms with E-state index in [1.54, 1.807) is 17.9 Å². The van der Waals surface area contributed by atoms with Crippen LogP contribution in [0.25, 0.3) is 22.3 Å². The van der Waals surface area contributed by atoms with Gasteiger partial charge in [-0.1, -0.05) is 13.8 Å². The largest absolute Gasteiger partial charge is 0.447 e. The fraction of sp³-hybridized carbons (Fsp3) is 0.448. The molecule has 0 bridgehead atoms. The fourth-order valence-electron chi connectivity index (χ4n) is 5.72. The van der Waals surface area contributed by atoms with Gasteiger partial charge in [0.1, 0.15) is 5.76 Å². The third-order valence-corrected chi connectivity index (χ3v) is 7.88. The van der Waals surface area contributed by atoms with Gasteiger partial charge in [0.15, 0.2) is 11.9 Å². The van der Waals surface area contributed by atoms with Crippen molar-refractivity contribution in [3.63, 3.8) is 0 Å². The minimum atomic E-state index is 0.308. The number of rotatable bonds is 7. The van der Waals surface area contributed by atoms with Crippen LogP contribution in [0.2, 0.25) is 0 Å². The molecular formula is C29H37N7O. The van der Waals surface area contributed by atoms with Crippen molar-refractivity contribution in [1.29, 1.82) is 0 Å². The molecule has 1 fully saturated rings. The Morgan fingerprint density at radius 1 is 1.19 bits per heavy atom. The Balaban J connectivity index is 1.45. The summed E-state index contributed by atoms with van der Waals surface area (Å²) < 4.78 is 7.12. The van der Waals surface area contributed by atoms with E-state index in [0.717, 1.165) is 71.3 Å². The van der Waals surface area contributed by atoms with Gasteiger partial charge in [0.05, 0.1) is 29.5 Å². The summed E-state index contributed by atoms with van der Waals surface area (Å²) in [4.78, 5) is 17.4. The maximum absolute atomic E-state index is 5.36. The lowest BCUT2D eigenvalue weighted by Gasteiger charge is -2.28. The van der Waals surface area contributed by atoms with E-state index in [2.05, 4.69) is 71.9 Å². The van der Waals surface area contributed by atoms with Gasteiger partial charge in [-0.3, -0.25) is 9.98 Å². The number of hydrogen-bond donors (Lipinski definition) is 2. The van der Waals surface area contributed by atoms with E-state index < -0.39 is 0 Å². The molecule has 0 aliphatic heterocycles. The molecule has 0 radical (unpaired) electrons. The molecule has 4 aromatic rings. The first kappa shape index (κ1) is 25.1. The molecule has 0 unspecified atom stereocenters. The standard InChI is InChI=1S/C29H37N7O/c1-17(2)26-27(23-15-36(31-6)29(30-5)19(4)18(23)3)35-25-12-11-24(34-28(25)26)20-7-9-21(10-8-20)33-14-22-13-32-16-37-22/h11-13,15-17,20-21,33,35H,6-10,14H2,1-5H3. The molecule has 4 aromatic heterocycles. The van der Waals surface area contributed by atoms with Crippen LogP contribution in [0.5, 0.6) is 0 Å². The molecule has 8 nitrogen and oxygen atoms in total. The molecule has 37 heavy (non-hydrogen) atoms. The zero-order chi connectivity index (χ0) is 26.1. The summed E-state index contributed by atoms with van der Waals surface area (Å²) in [5.41, 5.74) is 9.92. The number of nitrogens with zero attached hydrogens (tertiary/aromatic N) is 5. The van der Waals surface area contributed by atoms with E-state index >= 15 is 0 Å². The first-order valence-corrected chi connectivity index (χ1v) is 13.2. The maximum atomic E-state index is 5.36. The zero-order valence-corrected chi connectivity index (χ0v) is 22.5. The smallest absolute Gasteiger partial charge is 0.180 e. The Kier molecular flexibility index (Phi) is 7.11. The second kappa shape index (κ2) is 10.5. The number of H-pyrrole nitrogens is 1. The van der Waals surface area contributed by atoms with Crippen molar-refractivity contribution in [1.82, 2.24) is 24.9 Å². The van der Waals surface area contributed by atoms with Crippen LogP contribution >= 0.6 is 0 Å². The average Bonchev–Trinajstić information content (AvgIpc) is 3.56. The number of oxazole rings is 1. The van der Waals surface area contributed by atoms with Gasteiger partial charge >= 0.3 is 0 Å². The summed E-state index contributed by atoms with van der Waals surface area (Å²) in [6.07, 6.45) is 9.82. The topological polar surface area (TPSA) is 96.4 Å². The molecular weight excluding hydrogens is 462 g/mol. The van der Waals surface area contributed by atoms with Gasteiger partial charge in [-0.05, 0) is 68.7 Å². The van der Waals surface area contributed by atoms with Gasteiger partial charge in [-0.2, -0.15) is 5.10 Å². The first-order valence-electron chi connectivity index (χ1n) is 13.2. The van der Waals surface area contributed by atoms with Crippen LogP contribution in [0.4, 0.5) is 0 Å². The van der Waals surface area contributed by atoms with Gasteiger partial charge in [0.25, 0.3) is 0 Å². The van der Waals surface area contributed by atoms with Crippen molar-refractivity contribution in [3.05, 3.63) is 64.6 Å². The summed E-state index contributed by atoms with van der Waals surface area (Å²) >= 11 is 0. The van der Waals surface area contributed by atoms with Crippen LogP contribution in [0, 0.1) is 13.8 Å². The van der Waals surface area contributed by atoms with Gasteiger partial charge in [0.2, 0.25) is 0 Å². The van der Waals surface area contributed by atoms with E-state index in [1.165, 1.54) is 23.2 Å². The number of aromatic nitrogens is 4. The van der Waals surface area contributed by atoms with Crippen LogP contribution < -0.4 is 10.8 Å². The van der Waals surface area contributed by atoms with Gasteiger partial charge in [-0.15, -0.1) is 0 Å². The highest BCUT2D eigenvalue weighted by molar-refractivity contribution is 5.89. The van der Waals surface area contributed by atoms with Gasteiger partial charge in [0, 0.05) is 48.7 Å². The molecule has 0 saturated heterocycles. The molecule has 0 atom stereocenters. The molecule has 1 aliphatic rings. The lowest BCUT2D eigenvalue weighted by molar-refractivity contribution is 0.328. The number of nitrogens with one attached hydrogen (secondary N) is 2. The summed E-state index contributed by atoms with van der Waals surface area (Å²) in [7, 11) is 1.79. The molecule has 8 heteroatoms. The normalized spacial score (nSPS) is 18.7. The van der Waals surface area contributed by atoms with E-state index in [0.29, 0.717) is 17.9 Å². The quantitative estimate of drug-likeness (QED) is 0.325. The maximum Gasteiger partial charge on any atom is 0.180 e. The number of fused-ring (bicyclic) bond motifs is 1. The SMILES string of the molecule is C=Nn1cc(-c2[nH]c3ccc(C4CCC(NCc5cnco5)CC4)nc3c2C(C)C)c(C)c(C)c1=NC. The molecule has 0 aromatic carbocycles. The fourth-order valence-corrected chi connectivity index (χ4v) is 5.72. The molecule has 4 heterocycles. The molecule has 2 N–H and O–H groups in total. The summed E-state index contributed by atoms with van der Waals surface area (Å²) in [6, 6.07) is 4.92. The molecule has 0 spiro atoms. The average molecular weight is 500 g/mol. The van der Waals surface area contributed by atoms with Crippen LogP contribution in [0.3, 0.4) is 0 Å². The van der Waals surface area contributed by atoms with E-state index in [1.807, 2.05) is 6.20 Å². The van der Waals surface area contributed by atoms with Crippen molar-refractivity contribution in [3.8, 4) is 11.3 Å². The number of hydrogen-bond acceptors (Lipinski definition) is 6. The first-order chi connectivity index (χ1) is 17.9. The lowest BCUT2D eigenvalue weighted by atomic mass is 9.83. The Morgan fingerprint density at radius 2 is 1.97 bits per heavy atom. The predicted molar refractivity (Wildman–Crippen MR) is 148 cm³/mol. The van der Waals surface area contributed by atoms with Crippen LogP contribution in [-0.2, 0) is 6.54 Å². The van der Waals surface area contributed by atoms with Crippen LogP contribution in [0.15, 0.2) is 45.4 Å². The van der Waals surface area contributed by atoms with Crippen molar-refractivity contribution in [2.45, 2.75) is 77.8 Å². The molecule has 194 valence electrons. The Hall–Kier alpha value is -3.52. The van der Waals surface area contributed by atoms with Crippen molar-refractivity contribution in [2.75, 3.05) is 7.05 Å². The van der Waals surface area contributed by atoms with Gasteiger partial charge < -0.3 is 14.7 Å². The van der Waals surface area contributed by atoms with Crippen molar-refractivity contribution < 1.29 is 4.42 Å². The minimum Gasteiger partial charge on any atom is -0.447 e. The monoisotopic (exact) mass is 499 g/mol. The van der Waals surface area contributed by atoms with Crippen molar-refractivity contribution in [2.24, 2.45) is 10.1 Å². The molecule has 1 aliphatic carbocycles. The molecule has 1 saturated carbocycles. The number of pyridine rings is 2. The third kappa shape index (κ3) is 4.78. The zero-order valence-electron chi connectivity index (χ0n) is 22.5. The highest BCUT2D eigenvalue weighted by atomic mass is 16.3. The van der Waals surface area contributed by atoms with E-state index in [4.69, 9.17) is 9.40 Å². The molecule has 5 rings (SSSR count). The van der Waals surface area contributed by atoms with Crippen molar-refractivity contribution >= 4 is 17.8 Å². The Labute approximate surface area is 218 Å². The summed E-state index contributed by atoms with van der Waals surface area (Å²) in [5, 5.41) is 7.82. The Morgan fingerprint density at radius 3 is 2.62 bits per heavy atom. The summed E-state index contributed by atoms with van der Waals surface area (Å²) in [6.45, 7) is 13.2. The Bertz CT molecular complexity index is 1470. The third-order valence-electron chi connectivity index (χ3n) is 7.88. The highest BCUT2D eigenvalue weighted by Gasteiger charge is 2.25. The highest BCUT2D eigenvalue weighted by Crippen LogP contribution is 2.38. The summed E-state index contributed by atoms with van der Waals surface area (Å²) in [5.74, 6) is 1.67. The van der Waals surface area contributed by atoms with Gasteiger partial charge in [-0.25, -0.2) is 9.66 Å². The van der Waals surface area contributed by atoms with Crippen LogP contribution in [0.1, 0.15) is 79.5 Å². The molecule has 0 amide bonds. The second-order valence-electron chi connectivity index (χ2n) is 10.4. The minimum absolute atomic E-state index is 0.308. The second-order valence-corrected chi connectivity index (χ2v) is 10.4. The van der Waals surface area contributed by atoms with Crippen LogP contribution in [-0.4, -0.2) is 39.4 Å². The number of aromatic amines is 1. The van der Waals surface area contributed by atoms with E-state index in [-0.39, 0.29) is 0 Å². The predicted octanol–water partition coefficient (Wildman–Crippen LogP) is 5.57. The lowest BCUT2D eigenvalue weighted by Crippen LogP contribution is -2.32.